The summed E-state index contributed by atoms with van der Waals surface area (Å²) in [5, 5.41) is 0. The van der Waals surface area contributed by atoms with Gasteiger partial charge in [0.05, 0.1) is 14.8 Å². The molecule has 144 valence electrons. The zero-order valence-electron chi connectivity index (χ0n) is 15.1. The molecule has 0 unspecified atom stereocenters. The molecule has 0 fully saturated rings. The van der Waals surface area contributed by atoms with Crippen LogP contribution in [0.25, 0.3) is 11.0 Å². The van der Waals surface area contributed by atoms with Crippen LogP contribution in [0, 0.1) is 0 Å². The van der Waals surface area contributed by atoms with E-state index in [-0.39, 0.29) is 4.21 Å². The van der Waals surface area contributed by atoms with Gasteiger partial charge in [-0.3, -0.25) is 4.72 Å². The Morgan fingerprint density at radius 2 is 1.89 bits per heavy atom. The number of sulfonamides is 1. The summed E-state index contributed by atoms with van der Waals surface area (Å²) in [5.41, 5.74) is 3.72. The first kappa shape index (κ1) is 19.2. The largest absolute Gasteiger partial charge is 0.331 e. The third-order valence-corrected chi connectivity index (χ3v) is 8.01. The van der Waals surface area contributed by atoms with E-state index in [9.17, 15) is 8.42 Å². The van der Waals surface area contributed by atoms with Gasteiger partial charge in [0.1, 0.15) is 10.0 Å². The third-order valence-electron chi connectivity index (χ3n) is 4.51. The third kappa shape index (κ3) is 3.99. The maximum atomic E-state index is 12.5. The molecule has 4 rings (SSSR count). The highest BCUT2D eigenvalue weighted by Crippen LogP contribution is 2.28. The Labute approximate surface area is 176 Å². The van der Waals surface area contributed by atoms with E-state index >= 15 is 0 Å². The van der Waals surface area contributed by atoms with Crippen molar-refractivity contribution in [3.8, 4) is 0 Å². The number of nitrogens with one attached hydrogen (secondary N) is 1. The first-order valence-electron chi connectivity index (χ1n) is 8.70. The standard InChI is InChI=1S/C20H18BrN3O2S2/c1-24-17-8-3-2-7-16(17)22-19(24)11-9-14-5-4-6-15(13-14)23-28(25,26)20-12-10-18(21)27-20/h2-8,10,12-13,23H,9,11H2,1H3. The molecule has 0 saturated heterocycles. The topological polar surface area (TPSA) is 64.0 Å². The number of thiophene rings is 1. The van der Waals surface area contributed by atoms with Crippen LogP contribution >= 0.6 is 27.3 Å². The van der Waals surface area contributed by atoms with Crippen LogP contribution in [-0.4, -0.2) is 18.0 Å². The second kappa shape index (κ2) is 7.69. The molecule has 2 heterocycles. The summed E-state index contributed by atoms with van der Waals surface area (Å²) >= 11 is 4.49. The van der Waals surface area contributed by atoms with Gasteiger partial charge in [-0.25, -0.2) is 13.4 Å². The number of fused-ring (bicyclic) bond motifs is 1. The van der Waals surface area contributed by atoms with E-state index < -0.39 is 10.0 Å². The molecule has 8 heteroatoms. The molecular formula is C20H18BrN3O2S2. The van der Waals surface area contributed by atoms with Crippen LogP contribution in [0.4, 0.5) is 5.69 Å². The molecule has 4 aromatic rings. The molecule has 5 nitrogen and oxygen atoms in total. The molecular weight excluding hydrogens is 458 g/mol. The SMILES string of the molecule is Cn1c(CCc2cccc(NS(=O)(=O)c3ccc(Br)s3)c2)nc2ccccc21. The lowest BCUT2D eigenvalue weighted by Crippen LogP contribution is -2.11. The average molecular weight is 476 g/mol. The van der Waals surface area contributed by atoms with Gasteiger partial charge in [0.15, 0.2) is 0 Å². The van der Waals surface area contributed by atoms with E-state index in [1.807, 2.05) is 43.4 Å². The predicted molar refractivity (Wildman–Crippen MR) is 117 cm³/mol. The highest BCUT2D eigenvalue weighted by atomic mass is 79.9. The normalized spacial score (nSPS) is 11.8. The number of hydrogen-bond acceptors (Lipinski definition) is 4. The predicted octanol–water partition coefficient (Wildman–Crippen LogP) is 4.98. The Balaban J connectivity index is 1.50. The number of aryl methyl sites for hydroxylation is 3. The minimum absolute atomic E-state index is 0.282. The molecule has 0 aliphatic rings. The molecule has 0 aliphatic heterocycles. The van der Waals surface area contributed by atoms with Gasteiger partial charge < -0.3 is 4.57 Å². The second-order valence-corrected chi connectivity index (χ2v) is 10.8. The smallest absolute Gasteiger partial charge is 0.271 e. The van der Waals surface area contributed by atoms with Crippen molar-refractivity contribution < 1.29 is 8.42 Å². The number of benzene rings is 2. The van der Waals surface area contributed by atoms with E-state index in [0.29, 0.717) is 5.69 Å². The van der Waals surface area contributed by atoms with Crippen LogP contribution in [0.5, 0.6) is 0 Å². The maximum Gasteiger partial charge on any atom is 0.271 e. The van der Waals surface area contributed by atoms with Gasteiger partial charge in [0.2, 0.25) is 0 Å². The van der Waals surface area contributed by atoms with Crippen molar-refractivity contribution in [1.29, 1.82) is 0 Å². The quantitative estimate of drug-likeness (QED) is 0.427. The van der Waals surface area contributed by atoms with Crippen molar-refractivity contribution in [3.05, 3.63) is 75.8 Å². The van der Waals surface area contributed by atoms with E-state index in [4.69, 9.17) is 4.98 Å². The lowest BCUT2D eigenvalue weighted by atomic mass is 10.1. The molecule has 0 radical (unpaired) electrons. The van der Waals surface area contributed by atoms with Gasteiger partial charge in [0, 0.05) is 19.2 Å². The van der Waals surface area contributed by atoms with Gasteiger partial charge in [0.25, 0.3) is 10.0 Å². The molecule has 1 N–H and O–H groups in total. The monoisotopic (exact) mass is 475 g/mol. The number of halogens is 1. The van der Waals surface area contributed by atoms with Gasteiger partial charge in [-0.05, 0) is 64.3 Å². The van der Waals surface area contributed by atoms with Gasteiger partial charge in [-0.15, -0.1) is 11.3 Å². The molecule has 28 heavy (non-hydrogen) atoms. The van der Waals surface area contributed by atoms with Crippen molar-refractivity contribution in [2.75, 3.05) is 4.72 Å². The van der Waals surface area contributed by atoms with Crippen molar-refractivity contribution in [2.45, 2.75) is 17.1 Å². The van der Waals surface area contributed by atoms with Crippen LogP contribution in [0.3, 0.4) is 0 Å². The second-order valence-electron chi connectivity index (χ2n) is 6.44. The number of imidazole rings is 1. The molecule has 2 aromatic heterocycles. The molecule has 0 aliphatic carbocycles. The van der Waals surface area contributed by atoms with Crippen LogP contribution < -0.4 is 4.72 Å². The van der Waals surface area contributed by atoms with Gasteiger partial charge >= 0.3 is 0 Å². The van der Waals surface area contributed by atoms with Crippen molar-refractivity contribution >= 4 is 54.0 Å². The minimum atomic E-state index is -3.58. The highest BCUT2D eigenvalue weighted by molar-refractivity contribution is 9.11. The number of hydrogen-bond donors (Lipinski definition) is 1. The number of rotatable bonds is 6. The average Bonchev–Trinajstić information content (AvgIpc) is 3.25. The Kier molecular flexibility index (Phi) is 5.27. The van der Waals surface area contributed by atoms with E-state index in [1.54, 1.807) is 18.2 Å². The first-order valence-corrected chi connectivity index (χ1v) is 11.8. The Morgan fingerprint density at radius 1 is 1.07 bits per heavy atom. The Hall–Kier alpha value is -2.16. The summed E-state index contributed by atoms with van der Waals surface area (Å²) in [6, 6.07) is 18.9. The summed E-state index contributed by atoms with van der Waals surface area (Å²) in [4.78, 5) is 4.70. The molecule has 0 bridgehead atoms. The van der Waals surface area contributed by atoms with Crippen molar-refractivity contribution in [1.82, 2.24) is 9.55 Å². The summed E-state index contributed by atoms with van der Waals surface area (Å²) in [6.45, 7) is 0. The number of aromatic nitrogens is 2. The van der Waals surface area contributed by atoms with Crippen LogP contribution in [0.1, 0.15) is 11.4 Å². The first-order chi connectivity index (χ1) is 13.4. The molecule has 0 spiro atoms. The van der Waals surface area contributed by atoms with Crippen molar-refractivity contribution in [2.24, 2.45) is 7.05 Å². The van der Waals surface area contributed by atoms with Gasteiger partial charge in [-0.1, -0.05) is 24.3 Å². The summed E-state index contributed by atoms with van der Waals surface area (Å²) in [5.74, 6) is 1.01. The zero-order valence-corrected chi connectivity index (χ0v) is 18.3. The molecule has 0 atom stereocenters. The molecule has 0 saturated carbocycles. The highest BCUT2D eigenvalue weighted by Gasteiger charge is 2.17. The fourth-order valence-corrected chi connectivity index (χ4v) is 6.17. The van der Waals surface area contributed by atoms with E-state index in [1.165, 1.54) is 11.3 Å². The molecule has 2 aromatic carbocycles. The van der Waals surface area contributed by atoms with Crippen molar-refractivity contribution in [3.63, 3.8) is 0 Å². The maximum absolute atomic E-state index is 12.5. The summed E-state index contributed by atoms with van der Waals surface area (Å²) in [6.07, 6.45) is 1.55. The summed E-state index contributed by atoms with van der Waals surface area (Å²) in [7, 11) is -1.56. The van der Waals surface area contributed by atoms with Crippen LogP contribution in [0.15, 0.2) is 68.7 Å². The Morgan fingerprint density at radius 3 is 2.64 bits per heavy atom. The number of anilines is 1. The fourth-order valence-electron chi connectivity index (χ4n) is 3.11. The fraction of sp³-hybridized carbons (Fsp3) is 0.150. The number of nitrogens with zero attached hydrogens (tertiary/aromatic N) is 2. The van der Waals surface area contributed by atoms with Crippen LogP contribution in [0.2, 0.25) is 0 Å². The Bertz CT molecular complexity index is 1250. The molecule has 0 amide bonds. The van der Waals surface area contributed by atoms with E-state index in [2.05, 4.69) is 31.3 Å². The zero-order chi connectivity index (χ0) is 19.7. The van der Waals surface area contributed by atoms with E-state index in [0.717, 1.165) is 39.0 Å². The van der Waals surface area contributed by atoms with Gasteiger partial charge in [-0.2, -0.15) is 0 Å². The minimum Gasteiger partial charge on any atom is -0.331 e. The van der Waals surface area contributed by atoms with Crippen LogP contribution in [-0.2, 0) is 29.9 Å². The lowest BCUT2D eigenvalue weighted by Gasteiger charge is -2.08. The number of para-hydroxylation sites is 2. The lowest BCUT2D eigenvalue weighted by molar-refractivity contribution is 0.603. The summed E-state index contributed by atoms with van der Waals surface area (Å²) < 4.78 is 30.9.